The van der Waals surface area contributed by atoms with E-state index in [9.17, 15) is 0 Å². The van der Waals surface area contributed by atoms with Crippen LogP contribution in [0, 0.1) is 35.0 Å². The summed E-state index contributed by atoms with van der Waals surface area (Å²) in [5.41, 5.74) is 0.472. The lowest BCUT2D eigenvalue weighted by Gasteiger charge is -2.42. The average molecular weight is 240 g/mol. The largest absolute Gasteiger partial charge is 0.0651 e. The summed E-state index contributed by atoms with van der Waals surface area (Å²) < 4.78 is 0. The van der Waals surface area contributed by atoms with Gasteiger partial charge in [-0.15, -0.1) is 0 Å². The molecule has 17 heavy (non-hydrogen) atoms. The lowest BCUT2D eigenvalue weighted by atomic mass is 9.63. The van der Waals surface area contributed by atoms with E-state index in [0.29, 0.717) is 5.41 Å². The molecule has 0 fully saturated rings. The summed E-state index contributed by atoms with van der Waals surface area (Å²) in [7, 11) is 0. The molecule has 0 rings (SSSR count). The Morgan fingerprint density at radius 3 is 1.65 bits per heavy atom. The Morgan fingerprint density at radius 1 is 0.882 bits per heavy atom. The van der Waals surface area contributed by atoms with E-state index in [-0.39, 0.29) is 0 Å². The predicted octanol–water partition coefficient (Wildman–Crippen LogP) is 6.01. The third-order valence-corrected chi connectivity index (χ3v) is 5.61. The van der Waals surface area contributed by atoms with Crippen LogP contribution in [-0.4, -0.2) is 0 Å². The summed E-state index contributed by atoms with van der Waals surface area (Å²) in [5.74, 6) is 4.13. The van der Waals surface area contributed by atoms with E-state index in [4.69, 9.17) is 0 Å². The van der Waals surface area contributed by atoms with Gasteiger partial charge in [0.25, 0.3) is 0 Å². The van der Waals surface area contributed by atoms with Crippen molar-refractivity contribution in [2.24, 2.45) is 35.0 Å². The monoisotopic (exact) mass is 240 g/mol. The summed E-state index contributed by atoms with van der Waals surface area (Å²) in [6.45, 7) is 21.7. The maximum Gasteiger partial charge on any atom is -0.0329 e. The first kappa shape index (κ1) is 17.0. The number of hydrogen-bond acceptors (Lipinski definition) is 0. The molecule has 0 saturated heterocycles. The second kappa shape index (κ2) is 6.81. The Kier molecular flexibility index (Phi) is 6.81. The van der Waals surface area contributed by atoms with Crippen LogP contribution in [0.15, 0.2) is 0 Å². The molecule has 4 atom stereocenters. The minimum atomic E-state index is 0.472. The van der Waals surface area contributed by atoms with Gasteiger partial charge in [0.05, 0.1) is 0 Å². The molecule has 0 aromatic rings. The van der Waals surface area contributed by atoms with Crippen molar-refractivity contribution in [2.45, 2.75) is 75.2 Å². The van der Waals surface area contributed by atoms with Gasteiger partial charge in [0, 0.05) is 0 Å². The molecule has 0 N–H and O–H groups in total. The lowest BCUT2D eigenvalue weighted by molar-refractivity contribution is 0.0673. The van der Waals surface area contributed by atoms with E-state index in [0.717, 1.165) is 29.6 Å². The van der Waals surface area contributed by atoms with E-state index < -0.39 is 0 Å². The van der Waals surface area contributed by atoms with Crippen LogP contribution < -0.4 is 0 Å². The average Bonchev–Trinajstić information content (AvgIpc) is 2.27. The number of rotatable bonds is 7. The van der Waals surface area contributed by atoms with Crippen LogP contribution in [0.2, 0.25) is 0 Å². The normalized spacial score (nSPS) is 20.1. The molecule has 0 aliphatic carbocycles. The molecular formula is C17H36. The van der Waals surface area contributed by atoms with Crippen molar-refractivity contribution in [1.29, 1.82) is 0 Å². The molecule has 0 nitrogen and oxygen atoms in total. The van der Waals surface area contributed by atoms with Crippen LogP contribution >= 0.6 is 0 Å². The Bertz CT molecular complexity index is 202. The van der Waals surface area contributed by atoms with Crippen LogP contribution in [0.3, 0.4) is 0 Å². The fourth-order valence-electron chi connectivity index (χ4n) is 3.42. The van der Waals surface area contributed by atoms with Crippen LogP contribution in [-0.2, 0) is 0 Å². The van der Waals surface area contributed by atoms with Gasteiger partial charge in [0.1, 0.15) is 0 Å². The fraction of sp³-hybridized carbons (Fsp3) is 1.00. The van der Waals surface area contributed by atoms with Crippen LogP contribution in [0.25, 0.3) is 0 Å². The van der Waals surface area contributed by atoms with Gasteiger partial charge in [-0.1, -0.05) is 75.2 Å². The van der Waals surface area contributed by atoms with Crippen molar-refractivity contribution in [3.05, 3.63) is 0 Å². The molecular weight excluding hydrogens is 204 g/mol. The molecule has 4 unspecified atom stereocenters. The number of hydrogen-bond donors (Lipinski definition) is 0. The molecule has 0 radical (unpaired) electrons. The van der Waals surface area contributed by atoms with Gasteiger partial charge in [-0.05, 0) is 35.0 Å². The third-order valence-electron chi connectivity index (χ3n) is 5.61. The lowest BCUT2D eigenvalue weighted by Crippen LogP contribution is -2.35. The minimum Gasteiger partial charge on any atom is -0.0651 e. The van der Waals surface area contributed by atoms with Gasteiger partial charge in [0.2, 0.25) is 0 Å². The first-order valence-electron chi connectivity index (χ1n) is 7.68. The molecule has 0 aliphatic heterocycles. The minimum absolute atomic E-state index is 0.472. The zero-order valence-electron chi connectivity index (χ0n) is 13.8. The maximum absolute atomic E-state index is 2.49. The second-order valence-corrected chi connectivity index (χ2v) is 7.20. The van der Waals surface area contributed by atoms with E-state index >= 15 is 0 Å². The maximum atomic E-state index is 2.49. The Morgan fingerprint density at radius 2 is 1.35 bits per heavy atom. The second-order valence-electron chi connectivity index (χ2n) is 7.20. The van der Waals surface area contributed by atoms with E-state index in [1.165, 1.54) is 12.8 Å². The predicted molar refractivity (Wildman–Crippen MR) is 80.2 cm³/mol. The summed E-state index contributed by atoms with van der Waals surface area (Å²) in [6, 6.07) is 0. The van der Waals surface area contributed by atoms with Crippen molar-refractivity contribution in [3.8, 4) is 0 Å². The first-order valence-corrected chi connectivity index (χ1v) is 7.68. The van der Waals surface area contributed by atoms with Crippen molar-refractivity contribution in [1.82, 2.24) is 0 Å². The standard InChI is InChI=1S/C17H36/c1-10-13(5)16(12(3)4)14(6)15(7)17(8,9)11-2/h12-16H,10-11H2,1-9H3. The summed E-state index contributed by atoms with van der Waals surface area (Å²) in [4.78, 5) is 0. The summed E-state index contributed by atoms with van der Waals surface area (Å²) in [6.07, 6.45) is 2.59. The molecule has 104 valence electrons. The molecule has 0 aromatic carbocycles. The van der Waals surface area contributed by atoms with Gasteiger partial charge in [-0.3, -0.25) is 0 Å². The molecule has 0 amide bonds. The Balaban J connectivity index is 4.90. The topological polar surface area (TPSA) is 0 Å². The molecule has 0 heterocycles. The molecule has 0 bridgehead atoms. The van der Waals surface area contributed by atoms with Gasteiger partial charge >= 0.3 is 0 Å². The van der Waals surface area contributed by atoms with Gasteiger partial charge in [-0.2, -0.15) is 0 Å². The van der Waals surface area contributed by atoms with Crippen molar-refractivity contribution in [3.63, 3.8) is 0 Å². The molecule has 0 saturated carbocycles. The van der Waals surface area contributed by atoms with Crippen molar-refractivity contribution >= 4 is 0 Å². The van der Waals surface area contributed by atoms with E-state index in [1.54, 1.807) is 0 Å². The zero-order valence-corrected chi connectivity index (χ0v) is 13.8. The SMILES string of the molecule is CCC(C)C(C(C)C)C(C)C(C)C(C)(C)CC. The highest BCUT2D eigenvalue weighted by Gasteiger charge is 2.35. The van der Waals surface area contributed by atoms with Crippen molar-refractivity contribution in [2.75, 3.05) is 0 Å². The Hall–Kier alpha value is 0. The van der Waals surface area contributed by atoms with Crippen molar-refractivity contribution < 1.29 is 0 Å². The quantitative estimate of drug-likeness (QED) is 0.511. The summed E-state index contributed by atoms with van der Waals surface area (Å²) in [5, 5.41) is 0. The highest BCUT2D eigenvalue weighted by atomic mass is 14.4. The van der Waals surface area contributed by atoms with Crippen LogP contribution in [0.5, 0.6) is 0 Å². The molecule has 0 heteroatoms. The van der Waals surface area contributed by atoms with Gasteiger partial charge in [-0.25, -0.2) is 0 Å². The van der Waals surface area contributed by atoms with E-state index in [1.807, 2.05) is 0 Å². The molecule has 0 aromatic heterocycles. The smallest absolute Gasteiger partial charge is 0.0329 e. The first-order chi connectivity index (χ1) is 7.68. The third kappa shape index (κ3) is 4.30. The Labute approximate surface area is 111 Å². The molecule has 0 aliphatic rings. The molecule has 0 spiro atoms. The van der Waals surface area contributed by atoms with Gasteiger partial charge < -0.3 is 0 Å². The van der Waals surface area contributed by atoms with Crippen LogP contribution in [0.4, 0.5) is 0 Å². The summed E-state index contributed by atoms with van der Waals surface area (Å²) >= 11 is 0. The highest BCUT2D eigenvalue weighted by molar-refractivity contribution is 4.84. The fourth-order valence-corrected chi connectivity index (χ4v) is 3.42. The zero-order chi connectivity index (χ0) is 13.8. The highest BCUT2D eigenvalue weighted by Crippen LogP contribution is 2.43. The van der Waals surface area contributed by atoms with Crippen LogP contribution in [0.1, 0.15) is 75.2 Å². The van der Waals surface area contributed by atoms with E-state index in [2.05, 4.69) is 62.3 Å². The van der Waals surface area contributed by atoms with Gasteiger partial charge in [0.15, 0.2) is 0 Å².